The topological polar surface area (TPSA) is 23.6 Å². The largest absolute Gasteiger partial charge is 0.336 e. The van der Waals surface area contributed by atoms with Gasteiger partial charge >= 0.3 is 0 Å². The fourth-order valence-corrected chi connectivity index (χ4v) is 3.81. The molecule has 1 aromatic carbocycles. The average molecular weight is 355 g/mol. The molecule has 1 heterocycles. The van der Waals surface area contributed by atoms with Crippen LogP contribution in [0.2, 0.25) is 10.0 Å². The van der Waals surface area contributed by atoms with Gasteiger partial charge in [-0.15, -0.1) is 0 Å². The normalized spacial score (nSPS) is 19.8. The van der Waals surface area contributed by atoms with Crippen LogP contribution in [0.1, 0.15) is 38.2 Å². The summed E-state index contributed by atoms with van der Waals surface area (Å²) in [6, 6.07) is 6.35. The van der Waals surface area contributed by atoms with Crippen molar-refractivity contribution < 1.29 is 4.79 Å². The summed E-state index contributed by atoms with van der Waals surface area (Å²) in [5, 5.41) is 1.06. The summed E-state index contributed by atoms with van der Waals surface area (Å²) in [4.78, 5) is 17.5. The maximum absolute atomic E-state index is 12.9. The molecule has 1 saturated carbocycles. The van der Waals surface area contributed by atoms with E-state index in [2.05, 4.69) is 16.7 Å². The van der Waals surface area contributed by atoms with Gasteiger partial charge in [-0.25, -0.2) is 0 Å². The maximum atomic E-state index is 12.9. The third-order valence-corrected chi connectivity index (χ3v) is 5.70. The highest BCUT2D eigenvalue weighted by molar-refractivity contribution is 6.42. The number of benzene rings is 1. The molecule has 1 amide bonds. The van der Waals surface area contributed by atoms with Crippen LogP contribution in [0.15, 0.2) is 18.2 Å². The Morgan fingerprint density at radius 3 is 2.35 bits per heavy atom. The highest BCUT2D eigenvalue weighted by atomic mass is 35.5. The lowest BCUT2D eigenvalue weighted by Crippen LogP contribution is -2.48. The van der Waals surface area contributed by atoms with Crippen molar-refractivity contribution in [2.24, 2.45) is 0 Å². The standard InChI is InChI=1S/C18H24Cl2N2O/c1-2-21-9-7-15(8-10-21)22(14-4-5-14)18(23)12-13-3-6-16(19)17(20)11-13/h3,6,11,14-15H,2,4-5,7-10,12H2,1H3. The van der Waals surface area contributed by atoms with E-state index in [1.165, 1.54) is 0 Å². The molecule has 3 rings (SSSR count). The molecule has 126 valence electrons. The third-order valence-electron chi connectivity index (χ3n) is 4.97. The van der Waals surface area contributed by atoms with Gasteiger partial charge in [0.25, 0.3) is 0 Å². The van der Waals surface area contributed by atoms with E-state index in [9.17, 15) is 4.79 Å². The Bertz CT molecular complexity index is 566. The molecule has 1 aliphatic carbocycles. The fourth-order valence-electron chi connectivity index (χ4n) is 3.49. The first-order chi connectivity index (χ1) is 11.1. The Hall–Kier alpha value is -0.770. The number of rotatable bonds is 5. The van der Waals surface area contributed by atoms with E-state index >= 15 is 0 Å². The fraction of sp³-hybridized carbons (Fsp3) is 0.611. The van der Waals surface area contributed by atoms with Crippen molar-refractivity contribution >= 4 is 29.1 Å². The predicted octanol–water partition coefficient (Wildman–Crippen LogP) is 4.01. The number of nitrogens with zero attached hydrogens (tertiary/aromatic N) is 2. The van der Waals surface area contributed by atoms with Crippen molar-refractivity contribution in [3.63, 3.8) is 0 Å². The summed E-state index contributed by atoms with van der Waals surface area (Å²) in [6.45, 7) is 5.51. The average Bonchev–Trinajstić information content (AvgIpc) is 3.37. The molecule has 0 bridgehead atoms. The first-order valence-electron chi connectivity index (χ1n) is 8.56. The summed E-state index contributed by atoms with van der Waals surface area (Å²) < 4.78 is 0. The smallest absolute Gasteiger partial charge is 0.227 e. The van der Waals surface area contributed by atoms with Crippen LogP contribution in [0.25, 0.3) is 0 Å². The van der Waals surface area contributed by atoms with Crippen molar-refractivity contribution in [3.05, 3.63) is 33.8 Å². The van der Waals surface area contributed by atoms with Crippen LogP contribution >= 0.6 is 23.2 Å². The van der Waals surface area contributed by atoms with Crippen LogP contribution in [0.4, 0.5) is 0 Å². The molecular formula is C18H24Cl2N2O. The van der Waals surface area contributed by atoms with Gasteiger partial charge in [0, 0.05) is 25.2 Å². The minimum atomic E-state index is 0.237. The van der Waals surface area contributed by atoms with Crippen LogP contribution < -0.4 is 0 Å². The van der Waals surface area contributed by atoms with Crippen LogP contribution in [0.5, 0.6) is 0 Å². The molecule has 3 nitrogen and oxygen atoms in total. The minimum Gasteiger partial charge on any atom is -0.336 e. The molecular weight excluding hydrogens is 331 g/mol. The van der Waals surface area contributed by atoms with Gasteiger partial charge in [-0.1, -0.05) is 36.2 Å². The molecule has 0 unspecified atom stereocenters. The van der Waals surface area contributed by atoms with E-state index in [-0.39, 0.29) is 5.91 Å². The molecule has 0 spiro atoms. The van der Waals surface area contributed by atoms with Gasteiger partial charge in [0.1, 0.15) is 0 Å². The van der Waals surface area contributed by atoms with Gasteiger partial charge in [-0.05, 0) is 49.9 Å². The Morgan fingerprint density at radius 1 is 1.13 bits per heavy atom. The lowest BCUT2D eigenvalue weighted by Gasteiger charge is -2.38. The SMILES string of the molecule is CCN1CCC(N(C(=O)Cc2ccc(Cl)c(Cl)c2)C2CC2)CC1. The van der Waals surface area contributed by atoms with Crippen molar-refractivity contribution in [3.8, 4) is 0 Å². The van der Waals surface area contributed by atoms with Gasteiger partial charge in [-0.2, -0.15) is 0 Å². The second-order valence-corrected chi connectivity index (χ2v) is 7.44. The van der Waals surface area contributed by atoms with Crippen molar-refractivity contribution in [2.75, 3.05) is 19.6 Å². The summed E-state index contributed by atoms with van der Waals surface area (Å²) in [7, 11) is 0. The molecule has 23 heavy (non-hydrogen) atoms. The molecule has 1 saturated heterocycles. The molecule has 0 atom stereocenters. The molecule has 1 aromatic rings. The van der Waals surface area contributed by atoms with Crippen LogP contribution in [-0.4, -0.2) is 47.4 Å². The summed E-state index contributed by atoms with van der Waals surface area (Å²) >= 11 is 12.0. The Morgan fingerprint density at radius 2 is 1.78 bits per heavy atom. The molecule has 0 N–H and O–H groups in total. The summed E-state index contributed by atoms with van der Waals surface area (Å²) in [6.07, 6.45) is 4.92. The lowest BCUT2D eigenvalue weighted by atomic mass is 10.0. The molecule has 1 aliphatic heterocycles. The number of carbonyl (C=O) groups excluding carboxylic acids is 1. The predicted molar refractivity (Wildman–Crippen MR) is 95.2 cm³/mol. The minimum absolute atomic E-state index is 0.237. The number of carbonyl (C=O) groups is 1. The quantitative estimate of drug-likeness (QED) is 0.797. The zero-order valence-corrected chi connectivity index (χ0v) is 15.1. The molecule has 2 aliphatic rings. The maximum Gasteiger partial charge on any atom is 0.227 e. The number of hydrogen-bond donors (Lipinski definition) is 0. The molecule has 0 radical (unpaired) electrons. The monoisotopic (exact) mass is 354 g/mol. The van der Waals surface area contributed by atoms with E-state index in [0.29, 0.717) is 28.5 Å². The lowest BCUT2D eigenvalue weighted by molar-refractivity contribution is -0.134. The van der Waals surface area contributed by atoms with Crippen LogP contribution in [-0.2, 0) is 11.2 Å². The summed E-state index contributed by atoms with van der Waals surface area (Å²) in [5.41, 5.74) is 0.945. The van der Waals surface area contributed by atoms with Gasteiger partial charge in [0.05, 0.1) is 16.5 Å². The number of amides is 1. The number of halogens is 2. The second kappa shape index (κ2) is 7.42. The highest BCUT2D eigenvalue weighted by Gasteiger charge is 2.38. The van der Waals surface area contributed by atoms with Crippen molar-refractivity contribution in [1.82, 2.24) is 9.80 Å². The summed E-state index contributed by atoms with van der Waals surface area (Å²) in [5.74, 6) is 0.237. The van der Waals surface area contributed by atoms with Gasteiger partial charge < -0.3 is 9.80 Å². The van der Waals surface area contributed by atoms with Crippen molar-refractivity contribution in [2.45, 2.75) is 51.1 Å². The van der Waals surface area contributed by atoms with E-state index < -0.39 is 0 Å². The zero-order chi connectivity index (χ0) is 16.4. The van der Waals surface area contributed by atoms with Gasteiger partial charge in [0.2, 0.25) is 5.91 Å². The van der Waals surface area contributed by atoms with Crippen LogP contribution in [0, 0.1) is 0 Å². The molecule has 0 aromatic heterocycles. The number of piperidine rings is 1. The van der Waals surface area contributed by atoms with Gasteiger partial charge in [-0.3, -0.25) is 4.79 Å². The molecule has 2 fully saturated rings. The second-order valence-electron chi connectivity index (χ2n) is 6.62. The van der Waals surface area contributed by atoms with E-state index in [0.717, 1.165) is 50.9 Å². The number of hydrogen-bond acceptors (Lipinski definition) is 2. The van der Waals surface area contributed by atoms with Gasteiger partial charge in [0.15, 0.2) is 0 Å². The van der Waals surface area contributed by atoms with E-state index in [1.54, 1.807) is 6.07 Å². The van der Waals surface area contributed by atoms with E-state index in [1.807, 2.05) is 12.1 Å². The van der Waals surface area contributed by atoms with E-state index in [4.69, 9.17) is 23.2 Å². The zero-order valence-electron chi connectivity index (χ0n) is 13.6. The Balaban J connectivity index is 1.66. The first kappa shape index (κ1) is 17.1. The van der Waals surface area contributed by atoms with Crippen LogP contribution in [0.3, 0.4) is 0 Å². The Kier molecular flexibility index (Phi) is 5.50. The number of likely N-dealkylation sites (tertiary alicyclic amines) is 1. The molecule has 5 heteroatoms. The van der Waals surface area contributed by atoms with Crippen molar-refractivity contribution in [1.29, 1.82) is 0 Å². The first-order valence-corrected chi connectivity index (χ1v) is 9.31. The Labute approximate surface area is 148 Å². The third kappa shape index (κ3) is 4.20. The highest BCUT2D eigenvalue weighted by Crippen LogP contribution is 2.33.